The number of halogens is 1. The quantitative estimate of drug-likeness (QED) is 0.283. The maximum atomic E-state index is 12.2. The van der Waals surface area contributed by atoms with E-state index in [1.807, 2.05) is 42.2 Å². The second kappa shape index (κ2) is 10.8. The molecular formula is C21H26IN5O2S. The highest BCUT2D eigenvalue weighted by atomic mass is 127. The van der Waals surface area contributed by atoms with Crippen LogP contribution < -0.4 is 10.6 Å². The number of thiazole rings is 1. The lowest BCUT2D eigenvalue weighted by atomic mass is 10.3. The molecule has 3 heterocycles. The van der Waals surface area contributed by atoms with E-state index >= 15 is 0 Å². The number of amides is 1. The Morgan fingerprint density at radius 2 is 2.00 bits per heavy atom. The number of fused-ring (bicyclic) bond motifs is 1. The maximum Gasteiger partial charge on any atom is 0.244 e. The molecule has 2 aromatic heterocycles. The molecule has 9 heteroatoms. The van der Waals surface area contributed by atoms with E-state index in [1.54, 1.807) is 11.3 Å². The van der Waals surface area contributed by atoms with Gasteiger partial charge < -0.3 is 20.0 Å². The first-order valence-corrected chi connectivity index (χ1v) is 10.8. The Morgan fingerprint density at radius 1 is 1.20 bits per heavy atom. The van der Waals surface area contributed by atoms with Crippen LogP contribution in [-0.2, 0) is 11.3 Å². The van der Waals surface area contributed by atoms with Crippen LogP contribution in [0.4, 0.5) is 0 Å². The molecule has 0 atom stereocenters. The monoisotopic (exact) mass is 539 g/mol. The molecule has 1 aliphatic heterocycles. The van der Waals surface area contributed by atoms with Gasteiger partial charge in [-0.15, -0.1) is 35.3 Å². The summed E-state index contributed by atoms with van der Waals surface area (Å²) in [5.74, 6) is 2.23. The van der Waals surface area contributed by atoms with Gasteiger partial charge in [-0.25, -0.2) is 9.98 Å². The van der Waals surface area contributed by atoms with Crippen molar-refractivity contribution in [1.29, 1.82) is 0 Å². The van der Waals surface area contributed by atoms with Crippen molar-refractivity contribution in [3.63, 3.8) is 0 Å². The summed E-state index contributed by atoms with van der Waals surface area (Å²) in [6.07, 6.45) is 2.17. The van der Waals surface area contributed by atoms with Crippen molar-refractivity contribution < 1.29 is 9.21 Å². The number of nitrogens with one attached hydrogen (secondary N) is 2. The number of hydrogen-bond acceptors (Lipinski definition) is 5. The number of likely N-dealkylation sites (tertiary alicyclic amines) is 1. The zero-order chi connectivity index (χ0) is 20.1. The molecule has 160 valence electrons. The molecule has 0 bridgehead atoms. The zero-order valence-corrected chi connectivity index (χ0v) is 20.0. The lowest BCUT2D eigenvalue weighted by Crippen LogP contribution is -2.38. The smallest absolute Gasteiger partial charge is 0.244 e. The van der Waals surface area contributed by atoms with Gasteiger partial charge in [0, 0.05) is 19.6 Å². The number of carbonyl (C=O) groups excluding carboxylic acids is 1. The van der Waals surface area contributed by atoms with Gasteiger partial charge in [0.05, 0.1) is 16.8 Å². The van der Waals surface area contributed by atoms with Gasteiger partial charge in [-0.1, -0.05) is 12.1 Å². The Labute approximate surface area is 197 Å². The van der Waals surface area contributed by atoms with Crippen molar-refractivity contribution >= 4 is 57.4 Å². The summed E-state index contributed by atoms with van der Waals surface area (Å²) in [5, 5.41) is 7.27. The number of carbonyl (C=O) groups is 1. The Balaban J connectivity index is 0.00000256. The third-order valence-electron chi connectivity index (χ3n) is 4.77. The van der Waals surface area contributed by atoms with E-state index in [4.69, 9.17) is 4.42 Å². The van der Waals surface area contributed by atoms with Crippen molar-refractivity contribution in [2.75, 3.05) is 26.2 Å². The van der Waals surface area contributed by atoms with Crippen LogP contribution in [0, 0.1) is 0 Å². The molecule has 30 heavy (non-hydrogen) atoms. The Kier molecular flexibility index (Phi) is 8.08. The predicted molar refractivity (Wildman–Crippen MR) is 131 cm³/mol. The summed E-state index contributed by atoms with van der Waals surface area (Å²) in [5.41, 5.74) is 0.979. The molecule has 4 rings (SSSR count). The fourth-order valence-corrected chi connectivity index (χ4v) is 4.22. The van der Waals surface area contributed by atoms with Gasteiger partial charge in [0.25, 0.3) is 0 Å². The Bertz CT molecular complexity index is 977. The van der Waals surface area contributed by atoms with Crippen LogP contribution in [0.25, 0.3) is 21.0 Å². The molecule has 1 amide bonds. The predicted octanol–water partition coefficient (Wildman–Crippen LogP) is 3.85. The highest BCUT2D eigenvalue weighted by molar-refractivity contribution is 14.0. The second-order valence-corrected chi connectivity index (χ2v) is 7.92. The molecule has 1 saturated heterocycles. The molecule has 1 fully saturated rings. The van der Waals surface area contributed by atoms with Crippen LogP contribution in [0.5, 0.6) is 0 Å². The van der Waals surface area contributed by atoms with Crippen molar-refractivity contribution in [3.8, 4) is 10.8 Å². The SMILES string of the molecule is CCNC(=NCC(=O)N1CCCC1)NCc1ccc(-c2nc3ccccc3s2)o1.I. The molecule has 2 N–H and O–H groups in total. The van der Waals surface area contributed by atoms with Gasteiger partial charge in [0.1, 0.15) is 12.3 Å². The maximum absolute atomic E-state index is 12.2. The van der Waals surface area contributed by atoms with E-state index in [0.717, 1.165) is 59.2 Å². The van der Waals surface area contributed by atoms with Crippen molar-refractivity contribution in [1.82, 2.24) is 20.5 Å². The highest BCUT2D eigenvalue weighted by Crippen LogP contribution is 2.31. The summed E-state index contributed by atoms with van der Waals surface area (Å²) in [6, 6.07) is 11.9. The average Bonchev–Trinajstić information content (AvgIpc) is 3.49. The van der Waals surface area contributed by atoms with Crippen LogP contribution in [0.2, 0.25) is 0 Å². The first kappa shape index (κ1) is 22.5. The van der Waals surface area contributed by atoms with E-state index in [2.05, 4.69) is 26.7 Å². The van der Waals surface area contributed by atoms with E-state index in [9.17, 15) is 4.79 Å². The number of para-hydroxylation sites is 1. The van der Waals surface area contributed by atoms with Gasteiger partial charge in [0.2, 0.25) is 5.91 Å². The van der Waals surface area contributed by atoms with Gasteiger partial charge >= 0.3 is 0 Å². The summed E-state index contributed by atoms with van der Waals surface area (Å²) in [4.78, 5) is 23.1. The Hall–Kier alpha value is -2.14. The van der Waals surface area contributed by atoms with Crippen LogP contribution in [0.3, 0.4) is 0 Å². The summed E-state index contributed by atoms with van der Waals surface area (Å²) in [7, 11) is 0. The number of nitrogens with zero attached hydrogens (tertiary/aromatic N) is 3. The molecule has 0 spiro atoms. The highest BCUT2D eigenvalue weighted by Gasteiger charge is 2.17. The van der Waals surface area contributed by atoms with Crippen molar-refractivity contribution in [3.05, 3.63) is 42.2 Å². The molecule has 7 nitrogen and oxygen atoms in total. The van der Waals surface area contributed by atoms with Gasteiger partial charge in [-0.05, 0) is 44.0 Å². The van der Waals surface area contributed by atoms with E-state index < -0.39 is 0 Å². The summed E-state index contributed by atoms with van der Waals surface area (Å²) >= 11 is 1.62. The molecule has 1 aliphatic rings. The number of guanidine groups is 1. The first-order valence-electron chi connectivity index (χ1n) is 9.97. The first-order chi connectivity index (χ1) is 14.2. The van der Waals surface area contributed by atoms with Gasteiger partial charge in [-0.3, -0.25) is 4.79 Å². The summed E-state index contributed by atoms with van der Waals surface area (Å²) < 4.78 is 7.10. The largest absolute Gasteiger partial charge is 0.457 e. The molecule has 3 aromatic rings. The molecule has 0 unspecified atom stereocenters. The number of aliphatic imine (C=N–C) groups is 1. The standard InChI is InChI=1S/C21H25N5O2S.HI/c1-2-22-21(24-14-19(27)26-11-5-6-12-26)23-13-15-9-10-17(28-15)20-25-16-7-3-4-8-18(16)29-20;/h3-4,7-10H,2,5-6,11-14H2,1H3,(H2,22,23,24);1H. The second-order valence-electron chi connectivity index (χ2n) is 6.89. The number of hydrogen-bond donors (Lipinski definition) is 2. The number of aromatic nitrogens is 1. The van der Waals surface area contributed by atoms with Gasteiger partial charge in [0.15, 0.2) is 16.7 Å². The van der Waals surface area contributed by atoms with Crippen LogP contribution in [-0.4, -0.2) is 47.9 Å². The van der Waals surface area contributed by atoms with Crippen molar-refractivity contribution in [2.24, 2.45) is 4.99 Å². The zero-order valence-electron chi connectivity index (χ0n) is 16.9. The molecule has 0 aliphatic carbocycles. The molecule has 0 saturated carbocycles. The number of furan rings is 1. The van der Waals surface area contributed by atoms with E-state index in [1.165, 1.54) is 0 Å². The minimum Gasteiger partial charge on any atom is -0.457 e. The minimum absolute atomic E-state index is 0. The molecule has 1 aromatic carbocycles. The summed E-state index contributed by atoms with van der Waals surface area (Å²) in [6.45, 7) is 5.05. The minimum atomic E-state index is 0. The molecular weight excluding hydrogens is 513 g/mol. The number of benzene rings is 1. The van der Waals surface area contributed by atoms with Crippen LogP contribution in [0.15, 0.2) is 45.8 Å². The Morgan fingerprint density at radius 3 is 2.77 bits per heavy atom. The van der Waals surface area contributed by atoms with Crippen molar-refractivity contribution in [2.45, 2.75) is 26.3 Å². The van der Waals surface area contributed by atoms with Gasteiger partial charge in [-0.2, -0.15) is 0 Å². The van der Waals surface area contributed by atoms with E-state index in [-0.39, 0.29) is 36.4 Å². The fraction of sp³-hybridized carbons (Fsp3) is 0.381. The number of rotatable bonds is 6. The van der Waals surface area contributed by atoms with Crippen LogP contribution >= 0.6 is 35.3 Å². The topological polar surface area (TPSA) is 82.8 Å². The third kappa shape index (κ3) is 5.51. The fourth-order valence-electron chi connectivity index (χ4n) is 3.29. The van der Waals surface area contributed by atoms with Crippen LogP contribution in [0.1, 0.15) is 25.5 Å². The van der Waals surface area contributed by atoms with E-state index in [0.29, 0.717) is 12.5 Å². The average molecular weight is 539 g/mol. The lowest BCUT2D eigenvalue weighted by molar-refractivity contribution is -0.128. The normalized spacial score (nSPS) is 14.0. The third-order valence-corrected chi connectivity index (χ3v) is 5.82. The lowest BCUT2D eigenvalue weighted by Gasteiger charge is -2.14. The molecule has 0 radical (unpaired) electrons.